The zero-order chi connectivity index (χ0) is 16.1. The molecule has 0 fully saturated rings. The molecule has 0 bridgehead atoms. The summed E-state index contributed by atoms with van der Waals surface area (Å²) in [6, 6.07) is 9.26. The van der Waals surface area contributed by atoms with Gasteiger partial charge in [0.25, 0.3) is 11.8 Å². The highest BCUT2D eigenvalue weighted by atomic mass is 16.2. The van der Waals surface area contributed by atoms with Crippen molar-refractivity contribution in [3.8, 4) is 0 Å². The molecular formula is C17H20N3O2+. The third-order valence-electron chi connectivity index (χ3n) is 3.47. The van der Waals surface area contributed by atoms with Crippen LogP contribution in [-0.2, 0) is 17.8 Å². The fourth-order valence-electron chi connectivity index (χ4n) is 2.31. The van der Waals surface area contributed by atoms with Crippen LogP contribution >= 0.6 is 0 Å². The van der Waals surface area contributed by atoms with Gasteiger partial charge in [-0.15, -0.1) is 0 Å². The van der Waals surface area contributed by atoms with Crippen molar-refractivity contribution in [2.75, 3.05) is 5.32 Å². The first-order valence-electron chi connectivity index (χ1n) is 7.18. The summed E-state index contributed by atoms with van der Waals surface area (Å²) in [5.41, 5.74) is 8.61. The summed E-state index contributed by atoms with van der Waals surface area (Å²) < 4.78 is 1.64. The number of pyridine rings is 1. The summed E-state index contributed by atoms with van der Waals surface area (Å²) in [6.07, 6.45) is 4.15. The molecule has 0 aliphatic rings. The first kappa shape index (κ1) is 15.7. The molecule has 1 aromatic heterocycles. The molecule has 2 rings (SSSR count). The second kappa shape index (κ2) is 6.85. The number of rotatable bonds is 5. The van der Waals surface area contributed by atoms with Crippen LogP contribution in [0.2, 0.25) is 0 Å². The van der Waals surface area contributed by atoms with Crippen molar-refractivity contribution >= 4 is 17.5 Å². The number of nitrogens with one attached hydrogen (secondary N) is 1. The van der Waals surface area contributed by atoms with E-state index in [0.717, 1.165) is 23.2 Å². The molecular weight excluding hydrogens is 278 g/mol. The highest BCUT2D eigenvalue weighted by Crippen LogP contribution is 2.20. The van der Waals surface area contributed by atoms with Crippen LogP contribution in [0.25, 0.3) is 0 Å². The van der Waals surface area contributed by atoms with Crippen molar-refractivity contribution in [1.82, 2.24) is 0 Å². The molecule has 22 heavy (non-hydrogen) atoms. The summed E-state index contributed by atoms with van der Waals surface area (Å²) in [4.78, 5) is 23.4. The molecule has 5 nitrogen and oxygen atoms in total. The smallest absolute Gasteiger partial charge is 0.290 e. The Bertz CT molecular complexity index is 711. The van der Waals surface area contributed by atoms with Gasteiger partial charge < -0.3 is 11.1 Å². The van der Waals surface area contributed by atoms with E-state index in [0.29, 0.717) is 5.56 Å². The van der Waals surface area contributed by atoms with E-state index < -0.39 is 5.91 Å². The number of anilines is 1. The van der Waals surface area contributed by atoms with Crippen molar-refractivity contribution in [2.24, 2.45) is 5.73 Å². The quantitative estimate of drug-likeness (QED) is 0.822. The normalized spacial score (nSPS) is 10.3. The van der Waals surface area contributed by atoms with Gasteiger partial charge in [0.1, 0.15) is 5.56 Å². The fourth-order valence-corrected chi connectivity index (χ4v) is 2.31. The number of nitrogens with zero attached hydrogens (tertiary/aromatic N) is 1. The van der Waals surface area contributed by atoms with Crippen molar-refractivity contribution in [2.45, 2.75) is 26.8 Å². The minimum atomic E-state index is -0.512. The molecule has 114 valence electrons. The molecule has 2 aromatic rings. The zero-order valence-corrected chi connectivity index (χ0v) is 12.8. The summed E-state index contributed by atoms with van der Waals surface area (Å²) in [5.74, 6) is -0.655. The van der Waals surface area contributed by atoms with Crippen LogP contribution in [0.5, 0.6) is 0 Å². The Morgan fingerprint density at radius 3 is 2.68 bits per heavy atom. The molecule has 0 aliphatic heterocycles. The van der Waals surface area contributed by atoms with Crippen LogP contribution in [0.1, 0.15) is 28.4 Å². The number of aryl methyl sites for hydroxylation is 2. The van der Waals surface area contributed by atoms with E-state index in [9.17, 15) is 9.59 Å². The van der Waals surface area contributed by atoms with Crippen molar-refractivity contribution in [3.05, 3.63) is 59.4 Å². The van der Waals surface area contributed by atoms with E-state index in [-0.39, 0.29) is 12.5 Å². The lowest BCUT2D eigenvalue weighted by molar-refractivity contribution is -0.684. The lowest BCUT2D eigenvalue weighted by atomic mass is 10.1. The number of carbonyl (C=O) groups excluding carboxylic acids is 2. The number of carbonyl (C=O) groups is 2. The maximum absolute atomic E-state index is 12.2. The summed E-state index contributed by atoms with van der Waals surface area (Å²) in [7, 11) is 0. The Balaban J connectivity index is 2.14. The van der Waals surface area contributed by atoms with Gasteiger partial charge in [0, 0.05) is 11.8 Å². The molecule has 2 amide bonds. The first-order valence-corrected chi connectivity index (χ1v) is 7.18. The van der Waals surface area contributed by atoms with Gasteiger partial charge in [0.2, 0.25) is 6.54 Å². The predicted octanol–water partition coefficient (Wildman–Crippen LogP) is 1.58. The summed E-state index contributed by atoms with van der Waals surface area (Å²) in [5, 5.41) is 2.95. The molecule has 0 spiro atoms. The fraction of sp³-hybridized carbons (Fsp3) is 0.235. The van der Waals surface area contributed by atoms with Gasteiger partial charge in [-0.1, -0.05) is 25.1 Å². The van der Waals surface area contributed by atoms with E-state index in [1.807, 2.05) is 25.1 Å². The van der Waals surface area contributed by atoms with Crippen molar-refractivity contribution in [1.29, 1.82) is 0 Å². The number of aromatic nitrogens is 1. The molecule has 0 aliphatic carbocycles. The van der Waals surface area contributed by atoms with Gasteiger partial charge in [0.15, 0.2) is 12.4 Å². The van der Waals surface area contributed by atoms with Crippen LogP contribution in [-0.4, -0.2) is 11.8 Å². The average molecular weight is 298 g/mol. The third kappa shape index (κ3) is 3.69. The number of benzene rings is 1. The van der Waals surface area contributed by atoms with Gasteiger partial charge in [-0.25, -0.2) is 0 Å². The second-order valence-corrected chi connectivity index (χ2v) is 5.14. The molecule has 5 heteroatoms. The van der Waals surface area contributed by atoms with E-state index in [2.05, 4.69) is 12.2 Å². The Morgan fingerprint density at radius 2 is 2.00 bits per heavy atom. The Kier molecular flexibility index (Phi) is 4.88. The lowest BCUT2D eigenvalue weighted by Crippen LogP contribution is -2.40. The maximum Gasteiger partial charge on any atom is 0.290 e. The van der Waals surface area contributed by atoms with E-state index in [4.69, 9.17) is 5.73 Å². The Labute approximate surface area is 129 Å². The SMILES string of the molecule is CCc1cccc(C)c1NC(=O)C[n+]1cccc(C(N)=O)c1. The number of para-hydroxylation sites is 1. The predicted molar refractivity (Wildman–Crippen MR) is 84.3 cm³/mol. The zero-order valence-electron chi connectivity index (χ0n) is 12.8. The molecule has 1 heterocycles. The van der Waals surface area contributed by atoms with E-state index in [1.54, 1.807) is 29.1 Å². The van der Waals surface area contributed by atoms with Crippen molar-refractivity contribution in [3.63, 3.8) is 0 Å². The maximum atomic E-state index is 12.2. The van der Waals surface area contributed by atoms with Crippen LogP contribution in [0.3, 0.4) is 0 Å². The van der Waals surface area contributed by atoms with Gasteiger partial charge >= 0.3 is 0 Å². The largest absolute Gasteiger partial charge is 0.365 e. The molecule has 0 atom stereocenters. The number of hydrogen-bond donors (Lipinski definition) is 2. The van der Waals surface area contributed by atoms with E-state index in [1.165, 1.54) is 0 Å². The molecule has 0 saturated carbocycles. The summed E-state index contributed by atoms with van der Waals surface area (Å²) in [6.45, 7) is 4.14. The highest BCUT2D eigenvalue weighted by Gasteiger charge is 2.14. The summed E-state index contributed by atoms with van der Waals surface area (Å²) >= 11 is 0. The third-order valence-corrected chi connectivity index (χ3v) is 3.47. The van der Waals surface area contributed by atoms with Gasteiger partial charge in [0.05, 0.1) is 0 Å². The Morgan fingerprint density at radius 1 is 1.23 bits per heavy atom. The number of hydrogen-bond acceptors (Lipinski definition) is 2. The van der Waals surface area contributed by atoms with Crippen LogP contribution in [0.15, 0.2) is 42.7 Å². The minimum absolute atomic E-state index is 0.124. The van der Waals surface area contributed by atoms with Gasteiger partial charge in [-0.3, -0.25) is 9.59 Å². The number of nitrogens with two attached hydrogens (primary N) is 1. The second-order valence-electron chi connectivity index (χ2n) is 5.14. The molecule has 1 aromatic carbocycles. The number of amides is 2. The molecule has 0 radical (unpaired) electrons. The molecule has 0 saturated heterocycles. The first-order chi connectivity index (χ1) is 10.5. The van der Waals surface area contributed by atoms with Crippen LogP contribution in [0.4, 0.5) is 5.69 Å². The van der Waals surface area contributed by atoms with Gasteiger partial charge in [-0.2, -0.15) is 4.57 Å². The number of primary amides is 1. The molecule has 0 unspecified atom stereocenters. The van der Waals surface area contributed by atoms with Crippen molar-refractivity contribution < 1.29 is 14.2 Å². The standard InChI is InChI=1S/C17H19N3O2/c1-3-13-7-4-6-12(2)16(13)19-15(21)11-20-9-5-8-14(10-20)17(18)22/h4-10H,3,11H2,1-2H3,(H2-,18,19,21,22)/p+1. The van der Waals surface area contributed by atoms with E-state index >= 15 is 0 Å². The Hall–Kier alpha value is -2.69. The monoisotopic (exact) mass is 298 g/mol. The van der Waals surface area contributed by atoms with Crippen LogP contribution in [0, 0.1) is 6.92 Å². The average Bonchev–Trinajstić information content (AvgIpc) is 2.49. The minimum Gasteiger partial charge on any atom is -0.365 e. The molecule has 3 N–H and O–H groups in total. The highest BCUT2D eigenvalue weighted by molar-refractivity contribution is 5.92. The van der Waals surface area contributed by atoms with Gasteiger partial charge in [-0.05, 0) is 30.5 Å². The lowest BCUT2D eigenvalue weighted by Gasteiger charge is -2.11. The topological polar surface area (TPSA) is 76.1 Å². The van der Waals surface area contributed by atoms with Crippen LogP contribution < -0.4 is 15.6 Å².